The van der Waals surface area contributed by atoms with Gasteiger partial charge in [-0.3, -0.25) is 4.84 Å². The Labute approximate surface area is 206 Å². The van der Waals surface area contributed by atoms with E-state index in [0.717, 1.165) is 63.2 Å². The molecule has 6 nitrogen and oxygen atoms in total. The number of ether oxygens (including phenoxy) is 4. The van der Waals surface area contributed by atoms with Crippen LogP contribution in [-0.2, 0) is 19.0 Å². The predicted octanol–water partition coefficient (Wildman–Crippen LogP) is 6.05. The molecular weight excluding hydrogens is 430 g/mol. The van der Waals surface area contributed by atoms with Crippen molar-refractivity contribution in [2.45, 2.75) is 110 Å². The SMILES string of the molecule is CCC1(C)COC2(CC(C)(C)N(OC(C)c3ccc(OCC4CO4)cc3)C(CC)(CC)C2)OC1. The standard InChI is InChI=1S/C28H45NO5/c1-8-26(7)19-32-28(33-20-26)17-25(5,6)29(27(9-2,10-3)18-28)34-21(4)22-11-13-23(14-12-22)30-15-24-16-31-24/h11-14,21,24H,8-10,15-20H2,1-7H3. The third-order valence-corrected chi connectivity index (χ3v) is 8.27. The Morgan fingerprint density at radius 2 is 1.59 bits per heavy atom. The molecule has 2 unspecified atom stereocenters. The van der Waals surface area contributed by atoms with Crippen LogP contribution in [0.25, 0.3) is 0 Å². The zero-order valence-electron chi connectivity index (χ0n) is 22.3. The first-order valence-electron chi connectivity index (χ1n) is 13.2. The third-order valence-electron chi connectivity index (χ3n) is 8.27. The fourth-order valence-corrected chi connectivity index (χ4v) is 5.56. The van der Waals surface area contributed by atoms with Gasteiger partial charge in [0.25, 0.3) is 0 Å². The minimum Gasteiger partial charge on any atom is -0.491 e. The molecule has 0 aromatic heterocycles. The number of hydroxylamine groups is 2. The zero-order chi connectivity index (χ0) is 24.6. The molecule has 0 N–H and O–H groups in total. The predicted molar refractivity (Wildman–Crippen MR) is 133 cm³/mol. The van der Waals surface area contributed by atoms with Gasteiger partial charge in [0.05, 0.1) is 25.4 Å². The van der Waals surface area contributed by atoms with Gasteiger partial charge in [-0.05, 0) is 57.7 Å². The van der Waals surface area contributed by atoms with Crippen molar-refractivity contribution >= 4 is 0 Å². The van der Waals surface area contributed by atoms with Gasteiger partial charge in [-0.2, -0.15) is 5.06 Å². The monoisotopic (exact) mass is 475 g/mol. The summed E-state index contributed by atoms with van der Waals surface area (Å²) < 4.78 is 24.2. The highest BCUT2D eigenvalue weighted by Crippen LogP contribution is 2.52. The Hall–Kier alpha value is -1.18. The van der Waals surface area contributed by atoms with Crippen LogP contribution < -0.4 is 4.74 Å². The van der Waals surface area contributed by atoms with Crippen molar-refractivity contribution in [3.63, 3.8) is 0 Å². The third kappa shape index (κ3) is 5.31. The summed E-state index contributed by atoms with van der Waals surface area (Å²) >= 11 is 0. The van der Waals surface area contributed by atoms with E-state index in [2.05, 4.69) is 65.7 Å². The Bertz CT molecular complexity index is 807. The molecule has 1 spiro atoms. The van der Waals surface area contributed by atoms with E-state index in [9.17, 15) is 0 Å². The van der Waals surface area contributed by atoms with Crippen LogP contribution >= 0.6 is 0 Å². The summed E-state index contributed by atoms with van der Waals surface area (Å²) in [6.45, 7) is 18.6. The molecule has 34 heavy (non-hydrogen) atoms. The lowest BCUT2D eigenvalue weighted by molar-refractivity contribution is -0.394. The topological polar surface area (TPSA) is 52.7 Å². The van der Waals surface area contributed by atoms with E-state index in [1.165, 1.54) is 0 Å². The minimum atomic E-state index is -0.544. The Balaban J connectivity index is 1.49. The second-order valence-electron chi connectivity index (χ2n) is 11.6. The number of nitrogens with zero attached hydrogens (tertiary/aromatic N) is 1. The number of hydrogen-bond donors (Lipinski definition) is 0. The van der Waals surface area contributed by atoms with Crippen LogP contribution in [0, 0.1) is 5.41 Å². The molecule has 0 radical (unpaired) electrons. The quantitative estimate of drug-likeness (QED) is 0.405. The van der Waals surface area contributed by atoms with Gasteiger partial charge in [0.1, 0.15) is 24.6 Å². The maximum atomic E-state index is 6.80. The lowest BCUT2D eigenvalue weighted by atomic mass is 9.72. The van der Waals surface area contributed by atoms with Gasteiger partial charge in [-0.1, -0.05) is 39.8 Å². The Morgan fingerprint density at radius 3 is 2.12 bits per heavy atom. The molecule has 0 amide bonds. The second-order valence-corrected chi connectivity index (χ2v) is 11.6. The number of piperidine rings is 1. The van der Waals surface area contributed by atoms with Crippen molar-refractivity contribution < 1.29 is 23.8 Å². The summed E-state index contributed by atoms with van der Waals surface area (Å²) in [5, 5.41) is 2.28. The van der Waals surface area contributed by atoms with Crippen molar-refractivity contribution in [1.29, 1.82) is 0 Å². The molecule has 3 aliphatic rings. The summed E-state index contributed by atoms with van der Waals surface area (Å²) in [5.41, 5.74) is 0.825. The summed E-state index contributed by atoms with van der Waals surface area (Å²) in [5.74, 6) is 0.325. The van der Waals surface area contributed by atoms with Crippen molar-refractivity contribution in [2.75, 3.05) is 26.4 Å². The van der Waals surface area contributed by atoms with Gasteiger partial charge >= 0.3 is 0 Å². The molecule has 0 saturated carbocycles. The van der Waals surface area contributed by atoms with Gasteiger partial charge in [0, 0.05) is 23.8 Å². The smallest absolute Gasteiger partial charge is 0.172 e. The molecular formula is C28H45NO5. The first-order valence-corrected chi connectivity index (χ1v) is 13.2. The maximum absolute atomic E-state index is 6.80. The van der Waals surface area contributed by atoms with Crippen LogP contribution in [-0.4, -0.2) is 54.5 Å². The van der Waals surface area contributed by atoms with Crippen molar-refractivity contribution in [2.24, 2.45) is 5.41 Å². The molecule has 1 aromatic carbocycles. The van der Waals surface area contributed by atoms with Crippen molar-refractivity contribution in [3.05, 3.63) is 29.8 Å². The summed E-state index contributed by atoms with van der Waals surface area (Å²) in [6.07, 6.45) is 4.77. The number of rotatable bonds is 9. The molecule has 0 aliphatic carbocycles. The van der Waals surface area contributed by atoms with E-state index >= 15 is 0 Å². The van der Waals surface area contributed by atoms with Crippen LogP contribution in [0.4, 0.5) is 0 Å². The van der Waals surface area contributed by atoms with Crippen LogP contribution in [0.1, 0.15) is 92.2 Å². The van der Waals surface area contributed by atoms with Gasteiger partial charge in [0.2, 0.25) is 0 Å². The van der Waals surface area contributed by atoms with E-state index < -0.39 is 5.79 Å². The molecule has 192 valence electrons. The molecule has 2 atom stereocenters. The summed E-state index contributed by atoms with van der Waals surface area (Å²) in [7, 11) is 0. The molecule has 0 bridgehead atoms. The normalized spacial score (nSPS) is 33.6. The summed E-state index contributed by atoms with van der Waals surface area (Å²) in [4.78, 5) is 6.80. The van der Waals surface area contributed by atoms with Crippen LogP contribution in [0.2, 0.25) is 0 Å². The van der Waals surface area contributed by atoms with Gasteiger partial charge in [-0.15, -0.1) is 0 Å². The molecule has 1 aromatic rings. The molecule has 3 saturated heterocycles. The Kier molecular flexibility index (Phi) is 7.39. The van der Waals surface area contributed by atoms with Gasteiger partial charge < -0.3 is 18.9 Å². The van der Waals surface area contributed by atoms with Gasteiger partial charge in [-0.25, -0.2) is 0 Å². The van der Waals surface area contributed by atoms with Crippen LogP contribution in [0.5, 0.6) is 5.75 Å². The first kappa shape index (κ1) is 25.9. The molecule has 3 fully saturated rings. The van der Waals surface area contributed by atoms with Crippen molar-refractivity contribution in [3.8, 4) is 5.75 Å². The minimum absolute atomic E-state index is 0.0804. The average molecular weight is 476 g/mol. The lowest BCUT2D eigenvalue weighted by Crippen LogP contribution is -2.69. The largest absolute Gasteiger partial charge is 0.491 e. The van der Waals surface area contributed by atoms with E-state index in [1.54, 1.807) is 0 Å². The highest BCUT2D eigenvalue weighted by Gasteiger charge is 2.59. The van der Waals surface area contributed by atoms with Crippen molar-refractivity contribution in [1.82, 2.24) is 5.06 Å². The van der Waals surface area contributed by atoms with Crippen LogP contribution in [0.15, 0.2) is 24.3 Å². The zero-order valence-corrected chi connectivity index (χ0v) is 22.3. The first-order chi connectivity index (χ1) is 16.1. The average Bonchev–Trinajstić information content (AvgIpc) is 3.66. The number of epoxide rings is 1. The lowest BCUT2D eigenvalue weighted by Gasteiger charge is -2.61. The second kappa shape index (κ2) is 9.70. The van der Waals surface area contributed by atoms with E-state index in [0.29, 0.717) is 6.61 Å². The maximum Gasteiger partial charge on any atom is 0.172 e. The fourth-order valence-electron chi connectivity index (χ4n) is 5.56. The summed E-state index contributed by atoms with van der Waals surface area (Å²) in [6, 6.07) is 8.25. The van der Waals surface area contributed by atoms with E-state index in [4.69, 9.17) is 23.8 Å². The molecule has 6 heteroatoms. The fraction of sp³-hybridized carbons (Fsp3) is 0.786. The number of hydrogen-bond acceptors (Lipinski definition) is 6. The van der Waals surface area contributed by atoms with E-state index in [-0.39, 0.29) is 28.7 Å². The molecule has 3 aliphatic heterocycles. The van der Waals surface area contributed by atoms with Crippen LogP contribution in [0.3, 0.4) is 0 Å². The van der Waals surface area contributed by atoms with Gasteiger partial charge in [0.15, 0.2) is 5.79 Å². The van der Waals surface area contributed by atoms with E-state index in [1.807, 2.05) is 12.1 Å². The highest BCUT2D eigenvalue weighted by atomic mass is 16.7. The molecule has 3 heterocycles. The number of benzene rings is 1. The molecule has 4 rings (SSSR count). The highest BCUT2D eigenvalue weighted by molar-refractivity contribution is 5.28. The Morgan fingerprint density at radius 1 is 0.971 bits per heavy atom.